The SMILES string of the molecule is C#CCN(CC)C(=O)c1ccc(S)cc1. The number of hydrogen-bond donors (Lipinski definition) is 1. The summed E-state index contributed by atoms with van der Waals surface area (Å²) < 4.78 is 0. The molecule has 3 heteroatoms. The molecule has 0 saturated heterocycles. The molecule has 0 fully saturated rings. The largest absolute Gasteiger partial charge is 0.328 e. The molecular weight excluding hydrogens is 206 g/mol. The van der Waals surface area contributed by atoms with Gasteiger partial charge in [0.2, 0.25) is 0 Å². The van der Waals surface area contributed by atoms with Gasteiger partial charge >= 0.3 is 0 Å². The van der Waals surface area contributed by atoms with Crippen molar-refractivity contribution in [2.24, 2.45) is 0 Å². The van der Waals surface area contributed by atoms with Gasteiger partial charge in [-0.3, -0.25) is 4.79 Å². The van der Waals surface area contributed by atoms with Gasteiger partial charge in [-0.1, -0.05) is 5.92 Å². The first-order chi connectivity index (χ1) is 7.19. The number of rotatable bonds is 3. The first-order valence-electron chi connectivity index (χ1n) is 4.70. The zero-order valence-corrected chi connectivity index (χ0v) is 9.50. The van der Waals surface area contributed by atoms with E-state index in [2.05, 4.69) is 18.5 Å². The van der Waals surface area contributed by atoms with Gasteiger partial charge < -0.3 is 4.90 Å². The van der Waals surface area contributed by atoms with Crippen LogP contribution in [0.2, 0.25) is 0 Å². The standard InChI is InChI=1S/C12H13NOS/c1-3-9-13(4-2)12(14)10-5-7-11(15)8-6-10/h1,5-8,15H,4,9H2,2H3. The van der Waals surface area contributed by atoms with E-state index in [0.717, 1.165) is 4.90 Å². The molecule has 0 saturated carbocycles. The van der Waals surface area contributed by atoms with Crippen molar-refractivity contribution in [3.05, 3.63) is 29.8 Å². The lowest BCUT2D eigenvalue weighted by atomic mass is 10.2. The van der Waals surface area contributed by atoms with Gasteiger partial charge in [0.1, 0.15) is 0 Å². The Morgan fingerprint density at radius 1 is 1.47 bits per heavy atom. The molecule has 1 rings (SSSR count). The minimum Gasteiger partial charge on any atom is -0.328 e. The lowest BCUT2D eigenvalue weighted by Crippen LogP contribution is -2.31. The lowest BCUT2D eigenvalue weighted by Gasteiger charge is -2.17. The van der Waals surface area contributed by atoms with Gasteiger partial charge in [-0.05, 0) is 31.2 Å². The predicted octanol–water partition coefficient (Wildman–Crippen LogP) is 2.07. The third-order valence-corrected chi connectivity index (χ3v) is 2.36. The second-order valence-electron chi connectivity index (χ2n) is 3.07. The highest BCUT2D eigenvalue weighted by atomic mass is 32.1. The number of terminal acetylenes is 1. The van der Waals surface area contributed by atoms with Crippen LogP contribution in [0.25, 0.3) is 0 Å². The van der Waals surface area contributed by atoms with E-state index in [0.29, 0.717) is 18.7 Å². The van der Waals surface area contributed by atoms with Crippen molar-refractivity contribution < 1.29 is 4.79 Å². The third kappa shape index (κ3) is 3.03. The molecular formula is C12H13NOS. The van der Waals surface area contributed by atoms with Crippen molar-refractivity contribution in [3.8, 4) is 12.3 Å². The van der Waals surface area contributed by atoms with Crippen LogP contribution >= 0.6 is 12.6 Å². The summed E-state index contributed by atoms with van der Waals surface area (Å²) in [5, 5.41) is 0. The van der Waals surface area contributed by atoms with Gasteiger partial charge in [0.15, 0.2) is 0 Å². The summed E-state index contributed by atoms with van der Waals surface area (Å²) >= 11 is 4.16. The Hall–Kier alpha value is -1.40. The normalized spacial score (nSPS) is 9.40. The van der Waals surface area contributed by atoms with Crippen LogP contribution in [0.15, 0.2) is 29.2 Å². The number of amides is 1. The molecule has 0 bridgehead atoms. The highest BCUT2D eigenvalue weighted by Gasteiger charge is 2.12. The molecule has 0 aliphatic rings. The molecule has 78 valence electrons. The van der Waals surface area contributed by atoms with E-state index >= 15 is 0 Å². The topological polar surface area (TPSA) is 20.3 Å². The van der Waals surface area contributed by atoms with Gasteiger partial charge in [-0.25, -0.2) is 0 Å². The maximum absolute atomic E-state index is 11.9. The molecule has 2 nitrogen and oxygen atoms in total. The maximum atomic E-state index is 11.9. The molecule has 1 aromatic carbocycles. The fourth-order valence-corrected chi connectivity index (χ4v) is 1.37. The van der Waals surface area contributed by atoms with Crippen LogP contribution in [0.4, 0.5) is 0 Å². The number of benzene rings is 1. The minimum atomic E-state index is -0.0382. The number of thiol groups is 1. The van der Waals surface area contributed by atoms with Crippen LogP contribution < -0.4 is 0 Å². The fourth-order valence-electron chi connectivity index (χ4n) is 1.22. The molecule has 1 amide bonds. The molecule has 0 heterocycles. The first-order valence-corrected chi connectivity index (χ1v) is 5.15. The molecule has 1 aromatic rings. The van der Waals surface area contributed by atoms with Crippen molar-refractivity contribution in [2.75, 3.05) is 13.1 Å². The first kappa shape index (κ1) is 11.7. The summed E-state index contributed by atoms with van der Waals surface area (Å²) in [5.41, 5.74) is 0.643. The molecule has 0 spiro atoms. The van der Waals surface area contributed by atoms with Gasteiger partial charge in [-0.2, -0.15) is 0 Å². The Bertz CT molecular complexity index is 378. The maximum Gasteiger partial charge on any atom is 0.254 e. The van der Waals surface area contributed by atoms with E-state index in [4.69, 9.17) is 6.42 Å². The van der Waals surface area contributed by atoms with Gasteiger partial charge in [0.05, 0.1) is 6.54 Å². The molecule has 0 aliphatic carbocycles. The average Bonchev–Trinajstić information content (AvgIpc) is 2.26. The Morgan fingerprint density at radius 2 is 2.07 bits per heavy atom. The average molecular weight is 219 g/mol. The summed E-state index contributed by atoms with van der Waals surface area (Å²) in [6.07, 6.45) is 5.19. The summed E-state index contributed by atoms with van der Waals surface area (Å²) in [4.78, 5) is 14.3. The van der Waals surface area contributed by atoms with E-state index in [-0.39, 0.29) is 5.91 Å². The number of carbonyl (C=O) groups is 1. The van der Waals surface area contributed by atoms with E-state index in [1.165, 1.54) is 0 Å². The number of hydrogen-bond acceptors (Lipinski definition) is 2. The quantitative estimate of drug-likeness (QED) is 0.609. The monoisotopic (exact) mass is 219 g/mol. The fraction of sp³-hybridized carbons (Fsp3) is 0.250. The molecule has 0 aromatic heterocycles. The van der Waals surface area contributed by atoms with E-state index in [1.807, 2.05) is 6.92 Å². The Kier molecular flexibility index (Phi) is 4.26. The van der Waals surface area contributed by atoms with Crippen molar-refractivity contribution >= 4 is 18.5 Å². The van der Waals surface area contributed by atoms with Crippen LogP contribution in [0.3, 0.4) is 0 Å². The third-order valence-electron chi connectivity index (χ3n) is 2.07. The van der Waals surface area contributed by atoms with Crippen molar-refractivity contribution in [1.82, 2.24) is 4.90 Å². The van der Waals surface area contributed by atoms with Crippen LogP contribution in [0.5, 0.6) is 0 Å². The Labute approximate surface area is 95.7 Å². The number of carbonyl (C=O) groups excluding carboxylic acids is 1. The van der Waals surface area contributed by atoms with Crippen LogP contribution in [0.1, 0.15) is 17.3 Å². The second-order valence-corrected chi connectivity index (χ2v) is 3.59. The Balaban J connectivity index is 2.84. The summed E-state index contributed by atoms with van der Waals surface area (Å²) in [5.74, 6) is 2.43. The zero-order valence-electron chi connectivity index (χ0n) is 8.60. The molecule has 0 aliphatic heterocycles. The summed E-state index contributed by atoms with van der Waals surface area (Å²) in [7, 11) is 0. The summed E-state index contributed by atoms with van der Waals surface area (Å²) in [6, 6.07) is 7.09. The molecule has 0 radical (unpaired) electrons. The Morgan fingerprint density at radius 3 is 2.53 bits per heavy atom. The van der Waals surface area contributed by atoms with Gasteiger partial charge in [0.25, 0.3) is 5.91 Å². The summed E-state index contributed by atoms with van der Waals surface area (Å²) in [6.45, 7) is 2.87. The van der Waals surface area contributed by atoms with Crippen molar-refractivity contribution in [2.45, 2.75) is 11.8 Å². The van der Waals surface area contributed by atoms with Crippen LogP contribution in [0, 0.1) is 12.3 Å². The highest BCUT2D eigenvalue weighted by Crippen LogP contribution is 2.09. The number of nitrogens with zero attached hydrogens (tertiary/aromatic N) is 1. The zero-order chi connectivity index (χ0) is 11.3. The molecule has 0 atom stereocenters. The van der Waals surface area contributed by atoms with Crippen molar-refractivity contribution in [3.63, 3.8) is 0 Å². The molecule has 15 heavy (non-hydrogen) atoms. The van der Waals surface area contributed by atoms with Gasteiger partial charge in [-0.15, -0.1) is 19.1 Å². The van der Waals surface area contributed by atoms with Crippen LogP contribution in [-0.4, -0.2) is 23.9 Å². The van der Waals surface area contributed by atoms with E-state index < -0.39 is 0 Å². The van der Waals surface area contributed by atoms with E-state index in [1.54, 1.807) is 29.2 Å². The smallest absolute Gasteiger partial charge is 0.254 e. The van der Waals surface area contributed by atoms with Crippen LogP contribution in [-0.2, 0) is 0 Å². The molecule has 0 N–H and O–H groups in total. The van der Waals surface area contributed by atoms with Crippen molar-refractivity contribution in [1.29, 1.82) is 0 Å². The highest BCUT2D eigenvalue weighted by molar-refractivity contribution is 7.80. The second kappa shape index (κ2) is 5.47. The minimum absolute atomic E-state index is 0.0382. The predicted molar refractivity (Wildman–Crippen MR) is 64.1 cm³/mol. The van der Waals surface area contributed by atoms with Gasteiger partial charge in [0, 0.05) is 17.0 Å². The lowest BCUT2D eigenvalue weighted by molar-refractivity contribution is 0.0785. The van der Waals surface area contributed by atoms with E-state index in [9.17, 15) is 4.79 Å². The molecule has 0 unspecified atom stereocenters.